The molecule has 2 aliphatic rings. The molecule has 1 aromatic heterocycles. The number of likely N-dealkylation sites (tertiary alicyclic amines) is 2. The maximum absolute atomic E-state index is 13.6. The summed E-state index contributed by atoms with van der Waals surface area (Å²) in [5.74, 6) is 0.514. The van der Waals surface area contributed by atoms with E-state index in [1.54, 1.807) is 0 Å². The minimum absolute atomic E-state index is 0.103. The number of halogens is 1. The SMILES string of the molecule is CCO/N=C(\c1ccc(Br)cc1)C1CCN(C2(C)CCN(C(=O)c3c(C)cnc4ccccc34)CC2)CC1. The van der Waals surface area contributed by atoms with Crippen molar-refractivity contribution in [3.63, 3.8) is 0 Å². The zero-order chi connectivity index (χ0) is 26.7. The molecule has 2 aliphatic heterocycles. The third-order valence-corrected chi connectivity index (χ3v) is 8.91. The highest BCUT2D eigenvalue weighted by atomic mass is 79.9. The Bertz CT molecular complexity index is 1310. The van der Waals surface area contributed by atoms with Gasteiger partial charge < -0.3 is 9.74 Å². The predicted octanol–water partition coefficient (Wildman–Crippen LogP) is 6.45. The van der Waals surface area contributed by atoms with Crippen LogP contribution in [0.25, 0.3) is 10.9 Å². The Kier molecular flexibility index (Phi) is 8.15. The molecular formula is C31H37BrN4O2. The number of hydrogen-bond donors (Lipinski definition) is 0. The first-order valence-corrected chi connectivity index (χ1v) is 14.5. The number of pyridine rings is 1. The van der Waals surface area contributed by atoms with Gasteiger partial charge in [-0.05, 0) is 88.9 Å². The van der Waals surface area contributed by atoms with E-state index in [0.717, 1.165) is 89.6 Å². The average Bonchev–Trinajstić information content (AvgIpc) is 2.94. The number of aryl methyl sites for hydroxylation is 1. The molecule has 1 amide bonds. The Morgan fingerprint density at radius 1 is 1.08 bits per heavy atom. The zero-order valence-corrected chi connectivity index (χ0v) is 24.2. The Hall–Kier alpha value is -2.77. The molecule has 200 valence electrons. The number of rotatable bonds is 6. The Balaban J connectivity index is 1.23. The van der Waals surface area contributed by atoms with Gasteiger partial charge in [-0.25, -0.2) is 0 Å². The van der Waals surface area contributed by atoms with E-state index in [1.165, 1.54) is 0 Å². The molecule has 38 heavy (non-hydrogen) atoms. The van der Waals surface area contributed by atoms with Crippen molar-refractivity contribution in [2.24, 2.45) is 11.1 Å². The molecule has 0 N–H and O–H groups in total. The summed E-state index contributed by atoms with van der Waals surface area (Å²) in [5, 5.41) is 5.49. The fourth-order valence-electron chi connectivity index (χ4n) is 6.00. The van der Waals surface area contributed by atoms with Gasteiger partial charge in [-0.15, -0.1) is 0 Å². The van der Waals surface area contributed by atoms with Crippen molar-refractivity contribution < 1.29 is 9.63 Å². The minimum Gasteiger partial charge on any atom is -0.396 e. The van der Waals surface area contributed by atoms with Crippen LogP contribution in [0, 0.1) is 12.8 Å². The lowest BCUT2D eigenvalue weighted by Crippen LogP contribution is -2.56. The van der Waals surface area contributed by atoms with E-state index in [0.29, 0.717) is 12.5 Å². The Morgan fingerprint density at radius 3 is 2.45 bits per heavy atom. The number of piperidine rings is 2. The summed E-state index contributed by atoms with van der Waals surface area (Å²) in [4.78, 5) is 28.4. The summed E-state index contributed by atoms with van der Waals surface area (Å²) in [6.07, 6.45) is 5.91. The number of oxime groups is 1. The molecule has 3 heterocycles. The number of fused-ring (bicyclic) bond motifs is 1. The first kappa shape index (κ1) is 26.8. The standard InChI is InChI=1S/C31H37BrN4O2/c1-4-38-34-29(23-9-11-25(32)12-10-23)24-13-17-36(18-14-24)31(3)15-19-35(20-16-31)30(37)28-22(2)21-33-27-8-6-5-7-26(27)28/h5-12,21,24H,4,13-20H2,1-3H3/b34-29+. The van der Waals surface area contributed by atoms with Gasteiger partial charge in [0, 0.05) is 40.6 Å². The van der Waals surface area contributed by atoms with Crippen LogP contribution in [0.2, 0.25) is 0 Å². The molecule has 0 spiro atoms. The van der Waals surface area contributed by atoms with E-state index < -0.39 is 0 Å². The fraction of sp³-hybridized carbons (Fsp3) is 0.452. The number of para-hydroxylation sites is 1. The highest BCUT2D eigenvalue weighted by Crippen LogP contribution is 2.35. The molecule has 3 aromatic rings. The predicted molar refractivity (Wildman–Crippen MR) is 157 cm³/mol. The van der Waals surface area contributed by atoms with Crippen LogP contribution < -0.4 is 0 Å². The van der Waals surface area contributed by atoms with Gasteiger partial charge >= 0.3 is 0 Å². The maximum atomic E-state index is 13.6. The second-order valence-electron chi connectivity index (χ2n) is 10.8. The van der Waals surface area contributed by atoms with Crippen LogP contribution in [-0.4, -0.2) is 64.7 Å². The molecule has 0 atom stereocenters. The Labute approximate surface area is 234 Å². The van der Waals surface area contributed by atoms with E-state index >= 15 is 0 Å². The molecule has 0 bridgehead atoms. The molecule has 2 saturated heterocycles. The molecule has 0 radical (unpaired) electrons. The highest BCUT2D eigenvalue weighted by Gasteiger charge is 2.39. The number of aromatic nitrogens is 1. The van der Waals surface area contributed by atoms with Gasteiger partial charge in [0.25, 0.3) is 5.91 Å². The number of carbonyl (C=O) groups is 1. The van der Waals surface area contributed by atoms with Crippen LogP contribution in [0.4, 0.5) is 0 Å². The average molecular weight is 578 g/mol. The topological polar surface area (TPSA) is 58.0 Å². The number of nitrogens with zero attached hydrogens (tertiary/aromatic N) is 4. The number of benzene rings is 2. The molecule has 0 saturated carbocycles. The normalized spacial score (nSPS) is 19.1. The van der Waals surface area contributed by atoms with Crippen LogP contribution in [0.15, 0.2) is 64.4 Å². The van der Waals surface area contributed by atoms with Crippen molar-refractivity contribution in [2.75, 3.05) is 32.8 Å². The minimum atomic E-state index is 0.103. The van der Waals surface area contributed by atoms with Crippen molar-refractivity contribution in [1.82, 2.24) is 14.8 Å². The van der Waals surface area contributed by atoms with Gasteiger partial charge in [0.2, 0.25) is 0 Å². The summed E-state index contributed by atoms with van der Waals surface area (Å²) in [7, 11) is 0. The smallest absolute Gasteiger partial charge is 0.254 e. The lowest BCUT2D eigenvalue weighted by atomic mass is 9.82. The molecule has 6 nitrogen and oxygen atoms in total. The van der Waals surface area contributed by atoms with E-state index in [-0.39, 0.29) is 11.4 Å². The van der Waals surface area contributed by atoms with Crippen LogP contribution in [0.3, 0.4) is 0 Å². The molecule has 7 heteroatoms. The third kappa shape index (κ3) is 5.50. The van der Waals surface area contributed by atoms with Crippen molar-refractivity contribution in [2.45, 2.75) is 52.0 Å². The largest absolute Gasteiger partial charge is 0.396 e. The summed E-state index contributed by atoms with van der Waals surface area (Å²) in [5.41, 5.74) is 4.92. The number of carbonyl (C=O) groups excluding carboxylic acids is 1. The fourth-order valence-corrected chi connectivity index (χ4v) is 6.27. The summed E-state index contributed by atoms with van der Waals surface area (Å²) >= 11 is 3.54. The summed E-state index contributed by atoms with van der Waals surface area (Å²) in [6, 6.07) is 16.3. The quantitative estimate of drug-likeness (QED) is 0.250. The van der Waals surface area contributed by atoms with E-state index in [9.17, 15) is 4.79 Å². The van der Waals surface area contributed by atoms with Crippen molar-refractivity contribution in [3.05, 3.63) is 75.9 Å². The van der Waals surface area contributed by atoms with Gasteiger partial charge in [-0.2, -0.15) is 0 Å². The van der Waals surface area contributed by atoms with Gasteiger partial charge in [0.15, 0.2) is 0 Å². The van der Waals surface area contributed by atoms with E-state index in [1.807, 2.05) is 49.2 Å². The zero-order valence-electron chi connectivity index (χ0n) is 22.6. The van der Waals surface area contributed by atoms with Crippen LogP contribution in [-0.2, 0) is 4.84 Å². The van der Waals surface area contributed by atoms with Gasteiger partial charge in [-0.1, -0.05) is 51.4 Å². The first-order chi connectivity index (χ1) is 18.4. The third-order valence-electron chi connectivity index (χ3n) is 8.38. The van der Waals surface area contributed by atoms with Crippen molar-refractivity contribution in [1.29, 1.82) is 0 Å². The molecule has 2 fully saturated rings. The van der Waals surface area contributed by atoms with Crippen LogP contribution in [0.1, 0.15) is 61.0 Å². The van der Waals surface area contributed by atoms with E-state index in [2.05, 4.69) is 62.2 Å². The van der Waals surface area contributed by atoms with E-state index in [4.69, 9.17) is 4.84 Å². The molecular weight excluding hydrogens is 540 g/mol. The lowest BCUT2D eigenvalue weighted by molar-refractivity contribution is 0.0162. The second kappa shape index (κ2) is 11.5. The van der Waals surface area contributed by atoms with Gasteiger partial charge in [0.05, 0.1) is 16.8 Å². The molecule has 0 unspecified atom stereocenters. The molecule has 5 rings (SSSR count). The Morgan fingerprint density at radius 2 is 1.76 bits per heavy atom. The monoisotopic (exact) mass is 576 g/mol. The highest BCUT2D eigenvalue weighted by molar-refractivity contribution is 9.10. The van der Waals surface area contributed by atoms with Crippen molar-refractivity contribution in [3.8, 4) is 0 Å². The number of hydrogen-bond acceptors (Lipinski definition) is 5. The maximum Gasteiger partial charge on any atom is 0.254 e. The van der Waals surface area contributed by atoms with Gasteiger partial charge in [-0.3, -0.25) is 14.7 Å². The molecule has 0 aliphatic carbocycles. The second-order valence-corrected chi connectivity index (χ2v) is 11.7. The van der Waals surface area contributed by atoms with Gasteiger partial charge in [0.1, 0.15) is 6.61 Å². The summed E-state index contributed by atoms with van der Waals surface area (Å²) in [6.45, 7) is 10.5. The van der Waals surface area contributed by atoms with Crippen LogP contribution in [0.5, 0.6) is 0 Å². The van der Waals surface area contributed by atoms with Crippen molar-refractivity contribution >= 4 is 38.5 Å². The first-order valence-electron chi connectivity index (χ1n) is 13.7. The lowest BCUT2D eigenvalue weighted by Gasteiger charge is -2.49. The number of amides is 1. The summed E-state index contributed by atoms with van der Waals surface area (Å²) < 4.78 is 1.07. The van der Waals surface area contributed by atoms with Crippen LogP contribution >= 0.6 is 15.9 Å². The molecule has 2 aromatic carbocycles.